The number of carbonyl (C=O) groups excluding carboxylic acids is 1. The molecule has 0 fully saturated rings. The van der Waals surface area contributed by atoms with Crippen LogP contribution in [0.5, 0.6) is 0 Å². The third-order valence-corrected chi connectivity index (χ3v) is 5.25. The predicted molar refractivity (Wildman–Crippen MR) is 120 cm³/mol. The minimum Gasteiger partial charge on any atom is -0.339 e. The summed E-state index contributed by atoms with van der Waals surface area (Å²) < 4.78 is 5.35. The molecule has 0 bridgehead atoms. The maximum Gasteiger partial charge on any atom is 0.227 e. The van der Waals surface area contributed by atoms with Crippen LogP contribution in [0.3, 0.4) is 0 Å². The van der Waals surface area contributed by atoms with Crippen LogP contribution in [0.4, 0.5) is 0 Å². The smallest absolute Gasteiger partial charge is 0.227 e. The van der Waals surface area contributed by atoms with Crippen LogP contribution in [0.2, 0.25) is 5.02 Å². The van der Waals surface area contributed by atoms with Crippen LogP contribution in [0.25, 0.3) is 11.4 Å². The van der Waals surface area contributed by atoms with Gasteiger partial charge in [0.15, 0.2) is 0 Å². The van der Waals surface area contributed by atoms with Crippen LogP contribution in [-0.4, -0.2) is 20.9 Å². The third kappa shape index (κ3) is 5.58. The number of aryl methyl sites for hydroxylation is 1. The standard InChI is InChI=1S/C25H22ClN3O2/c26-22-14-8-7-13-21(22)25-27-23(31-28-25)15-16-24(30)29(17-19-9-3-1-4-10-19)18-20-11-5-2-6-12-20/h1-14H,15-18H2. The van der Waals surface area contributed by atoms with Gasteiger partial charge >= 0.3 is 0 Å². The van der Waals surface area contributed by atoms with Crippen LogP contribution in [-0.2, 0) is 24.3 Å². The zero-order chi connectivity index (χ0) is 21.5. The van der Waals surface area contributed by atoms with E-state index in [1.165, 1.54) is 0 Å². The molecular formula is C25H22ClN3O2. The van der Waals surface area contributed by atoms with Crippen molar-refractivity contribution in [1.29, 1.82) is 0 Å². The Hall–Kier alpha value is -3.44. The number of carbonyl (C=O) groups is 1. The molecule has 4 rings (SSSR count). The number of nitrogens with zero attached hydrogens (tertiary/aromatic N) is 3. The Morgan fingerprint density at radius 3 is 2.03 bits per heavy atom. The summed E-state index contributed by atoms with van der Waals surface area (Å²) in [5.41, 5.74) is 2.89. The Morgan fingerprint density at radius 2 is 1.42 bits per heavy atom. The molecule has 0 aliphatic carbocycles. The predicted octanol–water partition coefficient (Wildman–Crippen LogP) is 5.55. The molecule has 1 heterocycles. The van der Waals surface area contributed by atoms with Gasteiger partial charge in [-0.15, -0.1) is 0 Å². The van der Waals surface area contributed by atoms with Gasteiger partial charge in [0.05, 0.1) is 5.02 Å². The van der Waals surface area contributed by atoms with E-state index in [9.17, 15) is 4.79 Å². The zero-order valence-corrected chi connectivity index (χ0v) is 17.7. The van der Waals surface area contributed by atoms with Crippen LogP contribution < -0.4 is 0 Å². The van der Waals surface area contributed by atoms with Crippen molar-refractivity contribution in [1.82, 2.24) is 15.0 Å². The van der Waals surface area contributed by atoms with Crippen molar-refractivity contribution in [2.45, 2.75) is 25.9 Å². The van der Waals surface area contributed by atoms with E-state index in [1.54, 1.807) is 6.07 Å². The van der Waals surface area contributed by atoms with Crippen molar-refractivity contribution in [2.24, 2.45) is 0 Å². The Morgan fingerprint density at radius 1 is 0.839 bits per heavy atom. The summed E-state index contributed by atoms with van der Waals surface area (Å²) in [6.07, 6.45) is 0.653. The summed E-state index contributed by atoms with van der Waals surface area (Å²) in [5.74, 6) is 0.881. The second-order valence-electron chi connectivity index (χ2n) is 7.21. The number of rotatable bonds is 8. The lowest BCUT2D eigenvalue weighted by atomic mass is 10.1. The first kappa shape index (κ1) is 20.8. The van der Waals surface area contributed by atoms with Crippen molar-refractivity contribution in [3.05, 3.63) is 107 Å². The van der Waals surface area contributed by atoms with E-state index in [-0.39, 0.29) is 12.3 Å². The van der Waals surface area contributed by atoms with Crippen LogP contribution in [0.1, 0.15) is 23.4 Å². The molecule has 0 saturated carbocycles. The lowest BCUT2D eigenvalue weighted by Crippen LogP contribution is -2.30. The Bertz CT molecular complexity index is 1090. The molecule has 0 atom stereocenters. The van der Waals surface area contributed by atoms with Gasteiger partial charge in [-0.05, 0) is 23.3 Å². The average Bonchev–Trinajstić information content (AvgIpc) is 3.27. The first-order chi connectivity index (χ1) is 15.2. The molecule has 0 saturated heterocycles. The molecule has 5 nitrogen and oxygen atoms in total. The average molecular weight is 432 g/mol. The van der Waals surface area contributed by atoms with Crippen molar-refractivity contribution < 1.29 is 9.32 Å². The summed E-state index contributed by atoms with van der Waals surface area (Å²) >= 11 is 6.21. The van der Waals surface area contributed by atoms with Crippen molar-refractivity contribution >= 4 is 17.5 Å². The Kier molecular flexibility index (Phi) is 6.75. The van der Waals surface area contributed by atoms with E-state index in [1.807, 2.05) is 83.8 Å². The molecular weight excluding hydrogens is 410 g/mol. The quantitative estimate of drug-likeness (QED) is 0.367. The van der Waals surface area contributed by atoms with Crippen LogP contribution in [0, 0.1) is 0 Å². The second-order valence-corrected chi connectivity index (χ2v) is 7.62. The van der Waals surface area contributed by atoms with Crippen LogP contribution in [0.15, 0.2) is 89.5 Å². The summed E-state index contributed by atoms with van der Waals surface area (Å²) in [6.45, 7) is 1.09. The third-order valence-electron chi connectivity index (χ3n) is 4.92. The highest BCUT2D eigenvalue weighted by atomic mass is 35.5. The molecule has 0 N–H and O–H groups in total. The van der Waals surface area contributed by atoms with Gasteiger partial charge in [-0.1, -0.05) is 89.6 Å². The molecule has 1 amide bonds. The largest absolute Gasteiger partial charge is 0.339 e. The highest BCUT2D eigenvalue weighted by Gasteiger charge is 2.17. The number of hydrogen-bond donors (Lipinski definition) is 0. The first-order valence-corrected chi connectivity index (χ1v) is 10.5. The normalized spacial score (nSPS) is 10.7. The fourth-order valence-corrected chi connectivity index (χ4v) is 3.54. The zero-order valence-electron chi connectivity index (χ0n) is 16.9. The van der Waals surface area contributed by atoms with Gasteiger partial charge in [-0.25, -0.2) is 0 Å². The molecule has 31 heavy (non-hydrogen) atoms. The Balaban J connectivity index is 1.44. The second kappa shape index (κ2) is 10.0. The highest BCUT2D eigenvalue weighted by molar-refractivity contribution is 6.33. The van der Waals surface area contributed by atoms with E-state index in [0.29, 0.717) is 41.8 Å². The maximum absolute atomic E-state index is 13.1. The maximum atomic E-state index is 13.1. The number of aromatic nitrogens is 2. The summed E-state index contributed by atoms with van der Waals surface area (Å²) in [7, 11) is 0. The Labute approximate surface area is 186 Å². The molecule has 0 unspecified atom stereocenters. The molecule has 0 radical (unpaired) electrons. The minimum atomic E-state index is 0.0326. The van der Waals surface area contributed by atoms with E-state index in [4.69, 9.17) is 16.1 Å². The van der Waals surface area contributed by atoms with Gasteiger partial charge in [0.2, 0.25) is 17.6 Å². The summed E-state index contributed by atoms with van der Waals surface area (Å²) in [4.78, 5) is 19.3. The fraction of sp³-hybridized carbons (Fsp3) is 0.160. The van der Waals surface area contributed by atoms with Gasteiger partial charge in [-0.2, -0.15) is 4.98 Å². The fourth-order valence-electron chi connectivity index (χ4n) is 3.32. The molecule has 0 spiro atoms. The molecule has 0 aliphatic rings. The minimum absolute atomic E-state index is 0.0326. The van der Waals surface area contributed by atoms with Crippen molar-refractivity contribution in [2.75, 3.05) is 0 Å². The van der Waals surface area contributed by atoms with Gasteiger partial charge in [0.1, 0.15) is 0 Å². The number of amides is 1. The van der Waals surface area contributed by atoms with Gasteiger partial charge in [0.25, 0.3) is 0 Å². The lowest BCUT2D eigenvalue weighted by Gasteiger charge is -2.23. The van der Waals surface area contributed by atoms with Crippen molar-refractivity contribution in [3.8, 4) is 11.4 Å². The van der Waals surface area contributed by atoms with E-state index >= 15 is 0 Å². The molecule has 3 aromatic carbocycles. The van der Waals surface area contributed by atoms with E-state index in [2.05, 4.69) is 10.1 Å². The first-order valence-electron chi connectivity index (χ1n) is 10.1. The monoisotopic (exact) mass is 431 g/mol. The molecule has 156 valence electrons. The summed E-state index contributed by atoms with van der Waals surface area (Å²) in [6, 6.07) is 27.3. The SMILES string of the molecule is O=C(CCc1nc(-c2ccccc2Cl)no1)N(Cc1ccccc1)Cc1ccccc1. The van der Waals surface area contributed by atoms with Gasteiger partial charge < -0.3 is 9.42 Å². The number of hydrogen-bond acceptors (Lipinski definition) is 4. The summed E-state index contributed by atoms with van der Waals surface area (Å²) in [5, 5.41) is 4.57. The van der Waals surface area contributed by atoms with E-state index < -0.39 is 0 Å². The number of halogens is 1. The van der Waals surface area contributed by atoms with Gasteiger partial charge in [-0.3, -0.25) is 4.79 Å². The lowest BCUT2D eigenvalue weighted by molar-refractivity contribution is -0.132. The topological polar surface area (TPSA) is 59.2 Å². The van der Waals surface area contributed by atoms with Crippen molar-refractivity contribution in [3.63, 3.8) is 0 Å². The van der Waals surface area contributed by atoms with Crippen LogP contribution >= 0.6 is 11.6 Å². The van der Waals surface area contributed by atoms with E-state index in [0.717, 1.165) is 11.1 Å². The highest BCUT2D eigenvalue weighted by Crippen LogP contribution is 2.25. The number of benzene rings is 3. The molecule has 4 aromatic rings. The van der Waals surface area contributed by atoms with Gasteiger partial charge in [0, 0.05) is 31.5 Å². The molecule has 6 heteroatoms. The molecule has 1 aromatic heterocycles. The molecule has 0 aliphatic heterocycles.